The molecule has 1 atom stereocenters. The van der Waals surface area contributed by atoms with Crippen molar-refractivity contribution in [2.24, 2.45) is 5.73 Å². The number of hydrogen-bond acceptors (Lipinski definition) is 3. The third-order valence-corrected chi connectivity index (χ3v) is 2.99. The van der Waals surface area contributed by atoms with Crippen LogP contribution in [-0.4, -0.2) is 25.5 Å². The van der Waals surface area contributed by atoms with Gasteiger partial charge >= 0.3 is 6.03 Å². The maximum absolute atomic E-state index is 11.6. The molecule has 0 saturated carbocycles. The van der Waals surface area contributed by atoms with Crippen LogP contribution in [0.1, 0.15) is 31.4 Å². The summed E-state index contributed by atoms with van der Waals surface area (Å²) in [6, 6.07) is 7.61. The minimum Gasteiger partial charge on any atom is -0.370 e. The molecule has 1 aromatic rings. The van der Waals surface area contributed by atoms with Gasteiger partial charge in [-0.15, -0.1) is 0 Å². The minimum atomic E-state index is -0.360. The van der Waals surface area contributed by atoms with E-state index in [0.29, 0.717) is 13.0 Å². The highest BCUT2D eigenvalue weighted by Gasteiger charge is 2.04. The number of hydrogen-bond donors (Lipinski definition) is 4. The third kappa shape index (κ3) is 5.71. The summed E-state index contributed by atoms with van der Waals surface area (Å²) in [4.78, 5) is 22.1. The molecule has 6 heteroatoms. The van der Waals surface area contributed by atoms with Crippen molar-refractivity contribution in [3.05, 3.63) is 29.8 Å². The molecule has 0 fully saturated rings. The van der Waals surface area contributed by atoms with Gasteiger partial charge in [0.1, 0.15) is 0 Å². The lowest BCUT2D eigenvalue weighted by Gasteiger charge is -2.12. The fourth-order valence-electron chi connectivity index (χ4n) is 1.66. The van der Waals surface area contributed by atoms with Crippen LogP contribution in [-0.2, 0) is 4.79 Å². The van der Waals surface area contributed by atoms with Crippen molar-refractivity contribution in [2.45, 2.75) is 25.8 Å². The molecule has 6 nitrogen and oxygen atoms in total. The number of nitrogens with one attached hydrogen (secondary N) is 3. The molecular weight excluding hydrogens is 256 g/mol. The molecule has 0 aromatic heterocycles. The number of benzene rings is 1. The quantitative estimate of drug-likeness (QED) is 0.567. The van der Waals surface area contributed by atoms with E-state index in [0.717, 1.165) is 11.3 Å². The number of primary amides is 1. The van der Waals surface area contributed by atoms with Crippen LogP contribution in [0.4, 0.5) is 10.5 Å². The van der Waals surface area contributed by atoms with Crippen LogP contribution in [0.25, 0.3) is 0 Å². The smallest absolute Gasteiger partial charge is 0.319 e. The van der Waals surface area contributed by atoms with Gasteiger partial charge in [0, 0.05) is 24.7 Å². The van der Waals surface area contributed by atoms with Crippen LogP contribution >= 0.6 is 0 Å². The Kier molecular flexibility index (Phi) is 6.52. The van der Waals surface area contributed by atoms with Gasteiger partial charge < -0.3 is 21.7 Å². The standard InChI is InChI=1S/C14H22N4O2/c1-10(16-2)11-5-7-12(8-6-11)18-14(20)17-9-3-4-13(15)19/h5-8,10,16H,3-4,9H2,1-2H3,(H2,15,19)(H2,17,18,20). The van der Waals surface area contributed by atoms with E-state index in [1.54, 1.807) is 0 Å². The molecule has 0 aliphatic rings. The molecule has 0 heterocycles. The van der Waals surface area contributed by atoms with Crippen molar-refractivity contribution in [1.29, 1.82) is 0 Å². The molecule has 1 rings (SSSR count). The third-order valence-electron chi connectivity index (χ3n) is 2.99. The van der Waals surface area contributed by atoms with E-state index in [1.807, 2.05) is 31.3 Å². The zero-order valence-corrected chi connectivity index (χ0v) is 11.9. The summed E-state index contributed by atoms with van der Waals surface area (Å²) in [6.45, 7) is 2.48. The van der Waals surface area contributed by atoms with Gasteiger partial charge in [-0.1, -0.05) is 12.1 Å². The Morgan fingerprint density at radius 1 is 1.25 bits per heavy atom. The van der Waals surface area contributed by atoms with Gasteiger partial charge in [0.15, 0.2) is 0 Å². The van der Waals surface area contributed by atoms with Crippen molar-refractivity contribution in [3.63, 3.8) is 0 Å². The fourth-order valence-corrected chi connectivity index (χ4v) is 1.66. The molecule has 3 amide bonds. The predicted molar refractivity (Wildman–Crippen MR) is 79.4 cm³/mol. The monoisotopic (exact) mass is 278 g/mol. The first-order chi connectivity index (χ1) is 9.52. The summed E-state index contributed by atoms with van der Waals surface area (Å²) in [5.74, 6) is -0.360. The Labute approximate surface area is 119 Å². The number of anilines is 1. The van der Waals surface area contributed by atoms with E-state index in [1.165, 1.54) is 0 Å². The van der Waals surface area contributed by atoms with Crippen LogP contribution in [0.3, 0.4) is 0 Å². The summed E-state index contributed by atoms with van der Waals surface area (Å²) in [6.07, 6.45) is 0.818. The molecule has 0 aliphatic heterocycles. The van der Waals surface area contributed by atoms with Gasteiger partial charge in [0.2, 0.25) is 5.91 Å². The second-order valence-electron chi connectivity index (χ2n) is 4.58. The zero-order valence-electron chi connectivity index (χ0n) is 11.9. The number of carbonyl (C=O) groups is 2. The van der Waals surface area contributed by atoms with Crippen molar-refractivity contribution >= 4 is 17.6 Å². The second-order valence-corrected chi connectivity index (χ2v) is 4.58. The summed E-state index contributed by atoms with van der Waals surface area (Å²) < 4.78 is 0. The number of carbonyl (C=O) groups excluding carboxylic acids is 2. The maximum atomic E-state index is 11.6. The average Bonchev–Trinajstić information content (AvgIpc) is 2.43. The lowest BCUT2D eigenvalue weighted by molar-refractivity contribution is -0.118. The number of amides is 3. The second kappa shape index (κ2) is 8.16. The average molecular weight is 278 g/mol. The molecule has 0 saturated heterocycles. The number of nitrogens with two attached hydrogens (primary N) is 1. The Hall–Kier alpha value is -2.08. The first kappa shape index (κ1) is 16.0. The van der Waals surface area contributed by atoms with Crippen molar-refractivity contribution in [3.8, 4) is 0 Å². The largest absolute Gasteiger partial charge is 0.370 e. The molecule has 0 bridgehead atoms. The molecule has 20 heavy (non-hydrogen) atoms. The first-order valence-corrected chi connectivity index (χ1v) is 6.63. The Morgan fingerprint density at radius 3 is 2.45 bits per heavy atom. The van der Waals surface area contributed by atoms with E-state index in [9.17, 15) is 9.59 Å². The Bertz CT molecular complexity index is 445. The van der Waals surface area contributed by atoms with Gasteiger partial charge in [-0.05, 0) is 38.1 Å². The summed E-state index contributed by atoms with van der Waals surface area (Å²) in [5.41, 5.74) is 6.89. The van der Waals surface area contributed by atoms with E-state index in [2.05, 4.69) is 22.9 Å². The van der Waals surface area contributed by atoms with Crippen molar-refractivity contribution < 1.29 is 9.59 Å². The van der Waals surface area contributed by atoms with Crippen molar-refractivity contribution in [1.82, 2.24) is 10.6 Å². The van der Waals surface area contributed by atoms with Gasteiger partial charge in [-0.3, -0.25) is 4.79 Å². The highest BCUT2D eigenvalue weighted by Crippen LogP contribution is 2.15. The first-order valence-electron chi connectivity index (χ1n) is 6.63. The summed E-state index contributed by atoms with van der Waals surface area (Å²) >= 11 is 0. The predicted octanol–water partition coefficient (Wildman–Crippen LogP) is 1.35. The van der Waals surface area contributed by atoms with Crippen LogP contribution in [0, 0.1) is 0 Å². The lowest BCUT2D eigenvalue weighted by atomic mass is 10.1. The normalized spacial score (nSPS) is 11.7. The van der Waals surface area contributed by atoms with E-state index in [4.69, 9.17) is 5.73 Å². The van der Waals surface area contributed by atoms with E-state index in [-0.39, 0.29) is 24.4 Å². The van der Waals surface area contributed by atoms with Crippen LogP contribution in [0.15, 0.2) is 24.3 Å². The molecule has 0 aliphatic carbocycles. The maximum Gasteiger partial charge on any atom is 0.319 e. The highest BCUT2D eigenvalue weighted by atomic mass is 16.2. The Morgan fingerprint density at radius 2 is 1.90 bits per heavy atom. The van der Waals surface area contributed by atoms with Crippen LogP contribution in [0.2, 0.25) is 0 Å². The molecule has 5 N–H and O–H groups in total. The summed E-state index contributed by atoms with van der Waals surface area (Å²) in [7, 11) is 1.90. The zero-order chi connectivity index (χ0) is 15.0. The lowest BCUT2D eigenvalue weighted by Crippen LogP contribution is -2.30. The number of rotatable bonds is 7. The SMILES string of the molecule is CNC(C)c1ccc(NC(=O)NCCCC(N)=O)cc1. The Balaban J connectivity index is 2.36. The highest BCUT2D eigenvalue weighted by molar-refractivity contribution is 5.89. The molecule has 0 radical (unpaired) electrons. The molecule has 1 unspecified atom stereocenters. The van der Waals surface area contributed by atoms with Crippen LogP contribution < -0.4 is 21.7 Å². The van der Waals surface area contributed by atoms with Gasteiger partial charge in [0.25, 0.3) is 0 Å². The molecular formula is C14H22N4O2. The minimum absolute atomic E-state index is 0.270. The topological polar surface area (TPSA) is 96.2 Å². The van der Waals surface area contributed by atoms with E-state index >= 15 is 0 Å². The van der Waals surface area contributed by atoms with Crippen LogP contribution in [0.5, 0.6) is 0 Å². The summed E-state index contributed by atoms with van der Waals surface area (Å²) in [5, 5.41) is 8.54. The van der Waals surface area contributed by atoms with Crippen molar-refractivity contribution in [2.75, 3.05) is 18.9 Å². The van der Waals surface area contributed by atoms with E-state index < -0.39 is 0 Å². The number of urea groups is 1. The fraction of sp³-hybridized carbons (Fsp3) is 0.429. The van der Waals surface area contributed by atoms with Gasteiger partial charge in [-0.2, -0.15) is 0 Å². The molecule has 110 valence electrons. The van der Waals surface area contributed by atoms with Gasteiger partial charge in [0.05, 0.1) is 0 Å². The molecule has 0 spiro atoms. The molecule has 1 aromatic carbocycles. The van der Waals surface area contributed by atoms with Gasteiger partial charge in [-0.25, -0.2) is 4.79 Å².